The van der Waals surface area contributed by atoms with Gasteiger partial charge in [-0.2, -0.15) is 0 Å². The number of β-amino-alcohol motifs (C(OH)–C–C–N with tert-alkyl or cyclic N) is 1. The molecule has 1 saturated carbocycles. The van der Waals surface area contributed by atoms with Crippen LogP contribution in [0.1, 0.15) is 84.4 Å². The monoisotopic (exact) mass is 474 g/mol. The van der Waals surface area contributed by atoms with Gasteiger partial charge >= 0.3 is 0 Å². The number of carbonyl (C=O) groups excluding carboxylic acids is 3. The molecule has 3 heterocycles. The summed E-state index contributed by atoms with van der Waals surface area (Å²) in [4.78, 5) is 40.4. The number of hydrogen-bond acceptors (Lipinski definition) is 6. The van der Waals surface area contributed by atoms with Crippen LogP contribution in [0.2, 0.25) is 0 Å². The zero-order chi connectivity index (χ0) is 24.8. The number of amides is 3. The molecule has 3 aliphatic rings. The minimum absolute atomic E-state index is 0.0127. The van der Waals surface area contributed by atoms with Gasteiger partial charge in [0.2, 0.25) is 17.7 Å². The molecule has 2 aliphatic heterocycles. The number of likely N-dealkylation sites (tertiary alicyclic amines) is 1. The second kappa shape index (κ2) is 8.94. The summed E-state index contributed by atoms with van der Waals surface area (Å²) < 4.78 is 1.62. The first kappa shape index (κ1) is 24.6. The van der Waals surface area contributed by atoms with Gasteiger partial charge in [-0.3, -0.25) is 14.4 Å². The first-order chi connectivity index (χ1) is 15.9. The van der Waals surface area contributed by atoms with E-state index < -0.39 is 23.6 Å². The molecule has 3 fully saturated rings. The van der Waals surface area contributed by atoms with Crippen molar-refractivity contribution in [2.24, 2.45) is 11.3 Å². The van der Waals surface area contributed by atoms with Gasteiger partial charge in [0.05, 0.1) is 11.8 Å². The summed E-state index contributed by atoms with van der Waals surface area (Å²) in [7, 11) is 0. The topological polar surface area (TPSA) is 129 Å². The van der Waals surface area contributed by atoms with Crippen molar-refractivity contribution in [2.75, 3.05) is 13.1 Å². The Hall–Kier alpha value is -2.49. The highest BCUT2D eigenvalue weighted by molar-refractivity contribution is 5.90. The van der Waals surface area contributed by atoms with Crippen molar-refractivity contribution in [1.29, 1.82) is 0 Å². The summed E-state index contributed by atoms with van der Waals surface area (Å²) in [5, 5.41) is 24.7. The average Bonchev–Trinajstić information content (AvgIpc) is 3.22. The van der Waals surface area contributed by atoms with Crippen molar-refractivity contribution in [3.8, 4) is 0 Å². The van der Waals surface area contributed by atoms with Gasteiger partial charge in [-0.15, -0.1) is 5.10 Å². The van der Waals surface area contributed by atoms with E-state index in [1.165, 1.54) is 4.90 Å². The normalized spacial score (nSPS) is 27.5. The van der Waals surface area contributed by atoms with Crippen molar-refractivity contribution >= 4 is 17.7 Å². The lowest BCUT2D eigenvalue weighted by Crippen LogP contribution is -2.50. The van der Waals surface area contributed by atoms with Gasteiger partial charge in [0.25, 0.3) is 0 Å². The molecule has 3 unspecified atom stereocenters. The van der Waals surface area contributed by atoms with Crippen LogP contribution in [-0.2, 0) is 14.4 Å². The summed E-state index contributed by atoms with van der Waals surface area (Å²) in [6.45, 7) is 10.3. The molecule has 1 aromatic heterocycles. The van der Waals surface area contributed by atoms with Gasteiger partial charge in [0, 0.05) is 43.1 Å². The fourth-order valence-corrected chi connectivity index (χ4v) is 5.24. The zero-order valence-electron chi connectivity index (χ0n) is 20.9. The molecule has 0 spiro atoms. The van der Waals surface area contributed by atoms with Crippen LogP contribution >= 0.6 is 0 Å². The van der Waals surface area contributed by atoms with Crippen molar-refractivity contribution in [3.05, 3.63) is 11.9 Å². The van der Waals surface area contributed by atoms with Gasteiger partial charge < -0.3 is 20.6 Å². The fraction of sp³-hybridized carbons (Fsp3) is 0.792. The minimum atomic E-state index is -0.764. The van der Waals surface area contributed by atoms with E-state index in [1.54, 1.807) is 4.68 Å². The first-order valence-corrected chi connectivity index (χ1v) is 12.4. The van der Waals surface area contributed by atoms with E-state index in [0.29, 0.717) is 18.9 Å². The van der Waals surface area contributed by atoms with Crippen molar-refractivity contribution in [2.45, 2.75) is 96.4 Å². The van der Waals surface area contributed by atoms with Gasteiger partial charge in [-0.25, -0.2) is 4.68 Å². The van der Waals surface area contributed by atoms with Gasteiger partial charge in [0.1, 0.15) is 12.1 Å². The van der Waals surface area contributed by atoms with Crippen LogP contribution in [0, 0.1) is 11.3 Å². The molecule has 3 N–H and O–H groups in total. The molecule has 1 aliphatic carbocycles. The predicted octanol–water partition coefficient (Wildman–Crippen LogP) is 1.13. The highest BCUT2D eigenvalue weighted by Crippen LogP contribution is 2.40. The maximum absolute atomic E-state index is 13.7. The maximum atomic E-state index is 13.7. The third-order valence-corrected chi connectivity index (χ3v) is 7.09. The van der Waals surface area contributed by atoms with E-state index in [-0.39, 0.29) is 42.1 Å². The predicted molar refractivity (Wildman–Crippen MR) is 125 cm³/mol. The molecular weight excluding hydrogens is 436 g/mol. The van der Waals surface area contributed by atoms with Crippen molar-refractivity contribution in [3.63, 3.8) is 0 Å². The molecule has 0 aromatic carbocycles. The Morgan fingerprint density at radius 3 is 2.62 bits per heavy atom. The van der Waals surface area contributed by atoms with Gasteiger partial charge in [0.15, 0.2) is 0 Å². The van der Waals surface area contributed by atoms with Crippen LogP contribution in [0.3, 0.4) is 0 Å². The minimum Gasteiger partial charge on any atom is -0.391 e. The Morgan fingerprint density at radius 2 is 2.03 bits per heavy atom. The highest BCUT2D eigenvalue weighted by Gasteiger charge is 2.45. The van der Waals surface area contributed by atoms with Crippen LogP contribution in [0.15, 0.2) is 6.20 Å². The third-order valence-electron chi connectivity index (χ3n) is 7.09. The SMILES string of the molecule is CC1(C)CC(CCNC(=O)C2CC(O)CN2C(=O)[C@@H](n2cc(C3CC3)nn2)C(C)(C)C)C(=O)N1. The molecule has 10 nitrogen and oxygen atoms in total. The molecule has 34 heavy (non-hydrogen) atoms. The molecule has 10 heteroatoms. The van der Waals surface area contributed by atoms with Crippen LogP contribution in [0.25, 0.3) is 0 Å². The Kier molecular flexibility index (Phi) is 6.48. The van der Waals surface area contributed by atoms with E-state index in [9.17, 15) is 19.5 Å². The number of carbonyl (C=O) groups is 3. The van der Waals surface area contributed by atoms with Crippen molar-refractivity contribution in [1.82, 2.24) is 30.5 Å². The summed E-state index contributed by atoms with van der Waals surface area (Å²) in [5.41, 5.74) is 0.202. The quantitative estimate of drug-likeness (QED) is 0.543. The van der Waals surface area contributed by atoms with Crippen LogP contribution in [0.5, 0.6) is 0 Å². The molecule has 3 amide bonds. The van der Waals surface area contributed by atoms with Crippen LogP contribution in [0.4, 0.5) is 0 Å². The van der Waals surface area contributed by atoms with E-state index in [0.717, 1.165) is 25.0 Å². The Labute approximate surface area is 200 Å². The molecule has 4 atom stereocenters. The third kappa shape index (κ3) is 5.26. The Bertz CT molecular complexity index is 948. The van der Waals surface area contributed by atoms with E-state index in [1.807, 2.05) is 40.8 Å². The van der Waals surface area contributed by atoms with E-state index in [2.05, 4.69) is 20.9 Å². The van der Waals surface area contributed by atoms with Crippen LogP contribution < -0.4 is 10.6 Å². The number of aromatic nitrogens is 3. The van der Waals surface area contributed by atoms with E-state index >= 15 is 0 Å². The van der Waals surface area contributed by atoms with Gasteiger partial charge in [-0.1, -0.05) is 26.0 Å². The van der Waals surface area contributed by atoms with E-state index in [4.69, 9.17) is 0 Å². The molecule has 188 valence electrons. The number of rotatable bonds is 7. The summed E-state index contributed by atoms with van der Waals surface area (Å²) >= 11 is 0. The molecule has 2 saturated heterocycles. The molecular formula is C24H38N6O4. The Morgan fingerprint density at radius 1 is 1.32 bits per heavy atom. The first-order valence-electron chi connectivity index (χ1n) is 12.4. The second-order valence-corrected chi connectivity index (χ2v) is 11.9. The lowest BCUT2D eigenvalue weighted by molar-refractivity contribution is -0.144. The molecule has 0 radical (unpaired) electrons. The lowest BCUT2D eigenvalue weighted by Gasteiger charge is -2.34. The largest absolute Gasteiger partial charge is 0.391 e. The second-order valence-electron chi connectivity index (χ2n) is 11.9. The summed E-state index contributed by atoms with van der Waals surface area (Å²) in [6.07, 6.45) is 4.72. The average molecular weight is 475 g/mol. The number of hydrogen-bond donors (Lipinski definition) is 3. The maximum Gasteiger partial charge on any atom is 0.248 e. The number of aliphatic hydroxyl groups is 1. The highest BCUT2D eigenvalue weighted by atomic mass is 16.3. The fourth-order valence-electron chi connectivity index (χ4n) is 5.24. The Balaban J connectivity index is 1.43. The number of aliphatic hydroxyl groups excluding tert-OH is 1. The molecule has 0 bridgehead atoms. The number of nitrogens with one attached hydrogen (secondary N) is 2. The lowest BCUT2D eigenvalue weighted by atomic mass is 9.85. The zero-order valence-corrected chi connectivity index (χ0v) is 20.9. The number of nitrogens with zero attached hydrogens (tertiary/aromatic N) is 4. The van der Waals surface area contributed by atoms with Crippen molar-refractivity contribution < 1.29 is 19.5 Å². The van der Waals surface area contributed by atoms with Gasteiger partial charge in [-0.05, 0) is 44.9 Å². The molecule has 1 aromatic rings. The molecule has 4 rings (SSSR count). The smallest absolute Gasteiger partial charge is 0.248 e. The summed E-state index contributed by atoms with van der Waals surface area (Å²) in [6, 6.07) is -1.40. The standard InChI is InChI=1S/C24H38N6O4/c1-23(2,3)19(30-13-17(27-28-30)14-6-7-14)22(34)29-12-16(31)10-18(29)21(33)25-9-8-15-11-24(4,5)26-20(15)32/h13-16,18-19,31H,6-12H2,1-5H3,(H,25,33)(H,26,32)/t15?,16?,18?,19-/m1/s1. The van der Waals surface area contributed by atoms with Crippen LogP contribution in [-0.4, -0.2) is 73.5 Å². The summed E-state index contributed by atoms with van der Waals surface area (Å²) in [5.74, 6) is -0.246.